The first kappa shape index (κ1) is 17.2. The second-order valence-corrected chi connectivity index (χ2v) is 5.69. The Balaban J connectivity index is 1.71. The van der Waals surface area contributed by atoms with E-state index < -0.39 is 29.6 Å². The number of hydrogen-bond donors (Lipinski definition) is 1. The van der Waals surface area contributed by atoms with Crippen LogP contribution in [0.5, 0.6) is 5.75 Å². The fourth-order valence-electron chi connectivity index (χ4n) is 2.69. The van der Waals surface area contributed by atoms with E-state index in [0.717, 1.165) is 16.9 Å². The van der Waals surface area contributed by atoms with E-state index in [1.807, 2.05) is 0 Å². The average molecular weight is 357 g/mol. The highest BCUT2D eigenvalue weighted by Crippen LogP contribution is 2.32. The Morgan fingerprint density at radius 2 is 2.16 bits per heavy atom. The summed E-state index contributed by atoms with van der Waals surface area (Å²) in [4.78, 5) is 12.2. The lowest BCUT2D eigenvalue weighted by Gasteiger charge is -2.18. The summed E-state index contributed by atoms with van der Waals surface area (Å²) in [5, 5.41) is 6.05. The number of amides is 1. The molecule has 5 nitrogen and oxygen atoms in total. The Morgan fingerprint density at radius 3 is 2.88 bits per heavy atom. The van der Waals surface area contributed by atoms with Crippen molar-refractivity contribution in [2.45, 2.75) is 31.6 Å². The largest absolute Gasteiger partial charge is 0.493 e. The molecular weight excluding hydrogens is 342 g/mol. The topological polar surface area (TPSA) is 56.2 Å². The zero-order valence-electron chi connectivity index (χ0n) is 13.0. The molecule has 2 heterocycles. The van der Waals surface area contributed by atoms with Crippen LogP contribution in [0.4, 0.5) is 17.6 Å². The SMILES string of the molecule is O=C(Cn1ccc(C(F)(F)F)n1)N[C@@H]1CCCOc2ccc(F)cc21. The van der Waals surface area contributed by atoms with Gasteiger partial charge in [-0.05, 0) is 37.1 Å². The summed E-state index contributed by atoms with van der Waals surface area (Å²) in [5.41, 5.74) is -0.544. The van der Waals surface area contributed by atoms with Crippen LogP contribution >= 0.6 is 0 Å². The molecule has 1 N–H and O–H groups in total. The first-order chi connectivity index (χ1) is 11.8. The number of hydrogen-bond acceptors (Lipinski definition) is 3. The van der Waals surface area contributed by atoms with E-state index in [0.29, 0.717) is 30.8 Å². The zero-order valence-corrected chi connectivity index (χ0v) is 13.0. The van der Waals surface area contributed by atoms with Crippen LogP contribution in [0.3, 0.4) is 0 Å². The molecule has 0 fully saturated rings. The number of aromatic nitrogens is 2. The highest BCUT2D eigenvalue weighted by molar-refractivity contribution is 5.76. The number of ether oxygens (including phenoxy) is 1. The van der Waals surface area contributed by atoms with Crippen molar-refractivity contribution in [3.05, 3.63) is 47.5 Å². The second kappa shape index (κ2) is 6.73. The molecule has 0 aliphatic carbocycles. The summed E-state index contributed by atoms with van der Waals surface area (Å²) in [5.74, 6) is -0.480. The maximum Gasteiger partial charge on any atom is 0.435 e. The molecule has 1 aliphatic heterocycles. The van der Waals surface area contributed by atoms with Gasteiger partial charge in [0.15, 0.2) is 5.69 Å². The summed E-state index contributed by atoms with van der Waals surface area (Å²) in [6.07, 6.45) is -2.28. The van der Waals surface area contributed by atoms with Gasteiger partial charge in [0.25, 0.3) is 0 Å². The van der Waals surface area contributed by atoms with Crippen LogP contribution < -0.4 is 10.1 Å². The standard InChI is InChI=1S/C16H15F4N3O2/c17-10-3-4-13-11(8-10)12(2-1-7-25-13)21-15(24)9-23-6-5-14(22-23)16(18,19)20/h3-6,8,12H,1-2,7,9H2,(H,21,24)/t12-/m1/s1. The molecule has 2 aromatic rings. The number of carbonyl (C=O) groups excluding carboxylic acids is 1. The minimum absolute atomic E-state index is 0.363. The van der Waals surface area contributed by atoms with E-state index in [2.05, 4.69) is 10.4 Å². The van der Waals surface area contributed by atoms with Gasteiger partial charge in [-0.2, -0.15) is 18.3 Å². The Hall–Kier alpha value is -2.58. The van der Waals surface area contributed by atoms with E-state index in [-0.39, 0.29) is 6.54 Å². The summed E-state index contributed by atoms with van der Waals surface area (Å²) in [6, 6.07) is 4.39. The van der Waals surface area contributed by atoms with Crippen LogP contribution in [0.15, 0.2) is 30.5 Å². The predicted octanol–water partition coefficient (Wildman–Crippen LogP) is 3.07. The van der Waals surface area contributed by atoms with Gasteiger partial charge in [-0.15, -0.1) is 0 Å². The lowest BCUT2D eigenvalue weighted by atomic mass is 10.0. The Bertz CT molecular complexity index is 773. The van der Waals surface area contributed by atoms with E-state index in [9.17, 15) is 22.4 Å². The zero-order chi connectivity index (χ0) is 18.0. The Kier molecular flexibility index (Phi) is 4.65. The third kappa shape index (κ3) is 4.09. The summed E-state index contributed by atoms with van der Waals surface area (Å²) in [7, 11) is 0. The van der Waals surface area contributed by atoms with Gasteiger partial charge in [0.2, 0.25) is 5.91 Å². The molecule has 0 unspecified atom stereocenters. The fourth-order valence-corrected chi connectivity index (χ4v) is 2.69. The van der Waals surface area contributed by atoms with Crippen molar-refractivity contribution in [3.8, 4) is 5.75 Å². The Labute approximate surface area is 140 Å². The van der Waals surface area contributed by atoms with E-state index in [1.165, 1.54) is 18.2 Å². The van der Waals surface area contributed by atoms with Crippen molar-refractivity contribution in [1.29, 1.82) is 0 Å². The van der Waals surface area contributed by atoms with Gasteiger partial charge in [0.05, 0.1) is 12.6 Å². The number of fused-ring (bicyclic) bond motifs is 1. The number of nitrogens with one attached hydrogen (secondary N) is 1. The van der Waals surface area contributed by atoms with Gasteiger partial charge in [0, 0.05) is 11.8 Å². The van der Waals surface area contributed by atoms with Crippen molar-refractivity contribution in [2.24, 2.45) is 0 Å². The molecule has 1 atom stereocenters. The van der Waals surface area contributed by atoms with Gasteiger partial charge >= 0.3 is 6.18 Å². The van der Waals surface area contributed by atoms with Gasteiger partial charge in [0.1, 0.15) is 18.1 Å². The minimum Gasteiger partial charge on any atom is -0.493 e. The lowest BCUT2D eigenvalue weighted by Crippen LogP contribution is -2.31. The smallest absolute Gasteiger partial charge is 0.435 e. The van der Waals surface area contributed by atoms with Gasteiger partial charge in [-0.25, -0.2) is 4.39 Å². The van der Waals surface area contributed by atoms with Crippen LogP contribution in [0.2, 0.25) is 0 Å². The highest BCUT2D eigenvalue weighted by Gasteiger charge is 2.33. The molecular formula is C16H15F4N3O2. The molecule has 1 aromatic carbocycles. The number of carbonyl (C=O) groups is 1. The molecule has 0 saturated heterocycles. The average Bonchev–Trinajstić information content (AvgIpc) is 2.91. The van der Waals surface area contributed by atoms with E-state index in [1.54, 1.807) is 0 Å². The second-order valence-electron chi connectivity index (χ2n) is 5.69. The number of halogens is 4. The lowest BCUT2D eigenvalue weighted by molar-refractivity contribution is -0.141. The molecule has 1 amide bonds. The third-order valence-corrected chi connectivity index (χ3v) is 3.81. The van der Waals surface area contributed by atoms with Crippen LogP contribution in [-0.2, 0) is 17.5 Å². The first-order valence-electron chi connectivity index (χ1n) is 7.65. The van der Waals surface area contributed by atoms with Crippen LogP contribution in [0.1, 0.15) is 30.1 Å². The van der Waals surface area contributed by atoms with Crippen molar-refractivity contribution in [2.75, 3.05) is 6.61 Å². The number of alkyl halides is 3. The number of rotatable bonds is 3. The van der Waals surface area contributed by atoms with E-state index in [4.69, 9.17) is 4.74 Å². The van der Waals surface area contributed by atoms with Crippen LogP contribution in [-0.4, -0.2) is 22.3 Å². The fraction of sp³-hybridized carbons (Fsp3) is 0.375. The summed E-state index contributed by atoms with van der Waals surface area (Å²) < 4.78 is 57.5. The van der Waals surface area contributed by atoms with Gasteiger partial charge in [-0.1, -0.05) is 0 Å². The van der Waals surface area contributed by atoms with Gasteiger partial charge < -0.3 is 10.1 Å². The van der Waals surface area contributed by atoms with E-state index >= 15 is 0 Å². The maximum atomic E-state index is 13.5. The minimum atomic E-state index is -4.56. The molecule has 0 radical (unpaired) electrons. The molecule has 3 rings (SSSR count). The van der Waals surface area contributed by atoms with Crippen molar-refractivity contribution < 1.29 is 27.1 Å². The third-order valence-electron chi connectivity index (χ3n) is 3.81. The molecule has 134 valence electrons. The van der Waals surface area contributed by atoms with Crippen LogP contribution in [0, 0.1) is 5.82 Å². The summed E-state index contributed by atoms with van der Waals surface area (Å²) in [6.45, 7) is 0.0805. The van der Waals surface area contributed by atoms with Crippen molar-refractivity contribution >= 4 is 5.91 Å². The molecule has 0 bridgehead atoms. The molecule has 1 aliphatic rings. The Morgan fingerprint density at radius 1 is 1.36 bits per heavy atom. The van der Waals surface area contributed by atoms with Crippen molar-refractivity contribution in [3.63, 3.8) is 0 Å². The molecule has 0 saturated carbocycles. The number of benzene rings is 1. The quantitative estimate of drug-likeness (QED) is 0.859. The predicted molar refractivity (Wildman–Crippen MR) is 79.2 cm³/mol. The number of nitrogens with zero attached hydrogens (tertiary/aromatic N) is 2. The molecule has 9 heteroatoms. The monoisotopic (exact) mass is 357 g/mol. The normalized spacial score (nSPS) is 17.4. The maximum absolute atomic E-state index is 13.5. The molecule has 25 heavy (non-hydrogen) atoms. The first-order valence-corrected chi connectivity index (χ1v) is 7.65. The highest BCUT2D eigenvalue weighted by atomic mass is 19.4. The van der Waals surface area contributed by atoms with Crippen molar-refractivity contribution in [1.82, 2.24) is 15.1 Å². The molecule has 0 spiro atoms. The molecule has 1 aromatic heterocycles. The van der Waals surface area contributed by atoms with Crippen LogP contribution in [0.25, 0.3) is 0 Å². The summed E-state index contributed by atoms with van der Waals surface area (Å²) >= 11 is 0. The van der Waals surface area contributed by atoms with Gasteiger partial charge in [-0.3, -0.25) is 9.48 Å².